The normalized spacial score (nSPS) is 10.5. The fraction of sp³-hybridized carbons (Fsp3) is 0.250. The highest BCUT2D eigenvalue weighted by Gasteiger charge is 2.17. The number of methoxy groups -OCH3 is 4. The summed E-state index contributed by atoms with van der Waals surface area (Å²) in [5.74, 6) is 2.57. The molecule has 2 aromatic carbocycles. The molecule has 0 unspecified atom stereocenters. The summed E-state index contributed by atoms with van der Waals surface area (Å²) >= 11 is 1.15. The molecule has 0 aliphatic rings. The van der Waals surface area contributed by atoms with Gasteiger partial charge in [-0.15, -0.1) is 10.2 Å². The third kappa shape index (κ3) is 4.80. The molecule has 8 nitrogen and oxygen atoms in total. The maximum Gasteiger partial charge on any atom is 0.277 e. The minimum atomic E-state index is -0.127. The van der Waals surface area contributed by atoms with Gasteiger partial charge in [0, 0.05) is 17.7 Å². The first-order chi connectivity index (χ1) is 14.1. The van der Waals surface area contributed by atoms with Crippen LogP contribution in [0.25, 0.3) is 11.5 Å². The molecule has 1 heterocycles. The molecule has 0 radical (unpaired) electrons. The van der Waals surface area contributed by atoms with E-state index in [1.54, 1.807) is 57.7 Å². The van der Waals surface area contributed by atoms with Gasteiger partial charge in [-0.2, -0.15) is 0 Å². The van der Waals surface area contributed by atoms with E-state index < -0.39 is 0 Å². The minimum absolute atomic E-state index is 0.117. The molecule has 29 heavy (non-hydrogen) atoms. The van der Waals surface area contributed by atoms with Gasteiger partial charge in [0.05, 0.1) is 39.8 Å². The second kappa shape index (κ2) is 9.33. The van der Waals surface area contributed by atoms with Crippen molar-refractivity contribution in [1.29, 1.82) is 0 Å². The van der Waals surface area contributed by atoms with Gasteiger partial charge in [0.1, 0.15) is 23.0 Å². The molecule has 0 aliphatic heterocycles. The molecule has 0 N–H and O–H groups in total. The van der Waals surface area contributed by atoms with Crippen LogP contribution in [0.2, 0.25) is 0 Å². The van der Waals surface area contributed by atoms with Crippen molar-refractivity contribution in [2.45, 2.75) is 5.22 Å². The third-order valence-corrected chi connectivity index (χ3v) is 4.86. The van der Waals surface area contributed by atoms with Crippen molar-refractivity contribution in [3.63, 3.8) is 0 Å². The lowest BCUT2D eigenvalue weighted by atomic mass is 10.1. The van der Waals surface area contributed by atoms with Crippen molar-refractivity contribution in [3.05, 3.63) is 42.0 Å². The lowest BCUT2D eigenvalue weighted by Gasteiger charge is -2.08. The lowest BCUT2D eigenvalue weighted by molar-refractivity contribution is 0.101. The zero-order valence-corrected chi connectivity index (χ0v) is 17.2. The Labute approximate surface area is 172 Å². The summed E-state index contributed by atoms with van der Waals surface area (Å²) in [7, 11) is 6.18. The average molecular weight is 416 g/mol. The molecule has 3 rings (SSSR count). The monoisotopic (exact) mass is 416 g/mol. The molecule has 152 valence electrons. The fourth-order valence-electron chi connectivity index (χ4n) is 2.55. The largest absolute Gasteiger partial charge is 0.497 e. The van der Waals surface area contributed by atoms with Crippen LogP contribution in [-0.2, 0) is 0 Å². The van der Waals surface area contributed by atoms with E-state index in [4.69, 9.17) is 23.4 Å². The number of carbonyl (C=O) groups excluding carboxylic acids is 1. The summed E-state index contributed by atoms with van der Waals surface area (Å²) in [6, 6.07) is 10.3. The molecule has 0 spiro atoms. The second-order valence-corrected chi connectivity index (χ2v) is 6.68. The molecule has 0 bridgehead atoms. The molecule has 9 heteroatoms. The Balaban J connectivity index is 1.72. The van der Waals surface area contributed by atoms with Crippen molar-refractivity contribution < 1.29 is 28.2 Å². The number of hydrogen-bond donors (Lipinski definition) is 0. The van der Waals surface area contributed by atoms with Gasteiger partial charge >= 0.3 is 0 Å². The van der Waals surface area contributed by atoms with Crippen LogP contribution < -0.4 is 18.9 Å². The van der Waals surface area contributed by atoms with Gasteiger partial charge in [-0.1, -0.05) is 11.8 Å². The van der Waals surface area contributed by atoms with Crippen LogP contribution in [0, 0.1) is 0 Å². The van der Waals surface area contributed by atoms with Crippen LogP contribution >= 0.6 is 11.8 Å². The predicted molar refractivity (Wildman–Crippen MR) is 107 cm³/mol. The highest BCUT2D eigenvalue weighted by atomic mass is 32.2. The topological polar surface area (TPSA) is 92.9 Å². The first-order valence-corrected chi connectivity index (χ1v) is 9.51. The predicted octanol–water partition coefficient (Wildman–Crippen LogP) is 3.75. The number of carbonyl (C=O) groups is 1. The van der Waals surface area contributed by atoms with E-state index in [2.05, 4.69) is 10.2 Å². The smallest absolute Gasteiger partial charge is 0.277 e. The van der Waals surface area contributed by atoms with Crippen LogP contribution in [-0.4, -0.2) is 50.2 Å². The summed E-state index contributed by atoms with van der Waals surface area (Å²) in [5, 5.41) is 8.32. The summed E-state index contributed by atoms with van der Waals surface area (Å²) < 4.78 is 26.6. The molecule has 0 fully saturated rings. The van der Waals surface area contributed by atoms with Crippen LogP contribution in [0.1, 0.15) is 10.4 Å². The summed E-state index contributed by atoms with van der Waals surface area (Å²) in [6.45, 7) is 0. The first-order valence-electron chi connectivity index (χ1n) is 8.53. The maximum atomic E-state index is 12.6. The van der Waals surface area contributed by atoms with E-state index in [0.29, 0.717) is 40.0 Å². The molecular formula is C20H20N2O6S. The van der Waals surface area contributed by atoms with Gasteiger partial charge in [-0.3, -0.25) is 4.79 Å². The Kier molecular flexibility index (Phi) is 6.61. The Morgan fingerprint density at radius 2 is 1.59 bits per heavy atom. The number of benzene rings is 2. The van der Waals surface area contributed by atoms with Gasteiger partial charge in [0.25, 0.3) is 5.22 Å². The number of rotatable bonds is 9. The van der Waals surface area contributed by atoms with E-state index in [9.17, 15) is 4.79 Å². The molecule has 3 aromatic rings. The SMILES string of the molecule is COc1cc(OC)cc(-c2nnc(SCC(=O)c3ccc(OC)cc3OC)o2)c1. The van der Waals surface area contributed by atoms with Crippen LogP contribution in [0.15, 0.2) is 46.0 Å². The van der Waals surface area contributed by atoms with Crippen molar-refractivity contribution in [2.24, 2.45) is 0 Å². The number of nitrogens with zero attached hydrogens (tertiary/aromatic N) is 2. The third-order valence-electron chi connectivity index (χ3n) is 4.04. The number of thioether (sulfide) groups is 1. The van der Waals surface area contributed by atoms with Crippen molar-refractivity contribution in [1.82, 2.24) is 10.2 Å². The fourth-order valence-corrected chi connectivity index (χ4v) is 3.20. The maximum absolute atomic E-state index is 12.6. The lowest BCUT2D eigenvalue weighted by Crippen LogP contribution is -2.05. The molecule has 0 amide bonds. The van der Waals surface area contributed by atoms with Gasteiger partial charge in [-0.25, -0.2) is 0 Å². The van der Waals surface area contributed by atoms with Gasteiger partial charge in [-0.05, 0) is 24.3 Å². The first kappa shape index (κ1) is 20.5. The molecule has 0 atom stereocenters. The highest BCUT2D eigenvalue weighted by Crippen LogP contribution is 2.31. The molecule has 1 aromatic heterocycles. The summed E-state index contributed by atoms with van der Waals surface area (Å²) in [6.07, 6.45) is 0. The van der Waals surface area contributed by atoms with Crippen LogP contribution in [0.4, 0.5) is 0 Å². The molecule has 0 aliphatic carbocycles. The van der Waals surface area contributed by atoms with Crippen molar-refractivity contribution >= 4 is 17.5 Å². The minimum Gasteiger partial charge on any atom is -0.497 e. The van der Waals surface area contributed by atoms with E-state index in [1.165, 1.54) is 7.11 Å². The van der Waals surface area contributed by atoms with Gasteiger partial charge in [0.15, 0.2) is 5.78 Å². The Morgan fingerprint density at radius 3 is 2.21 bits per heavy atom. The van der Waals surface area contributed by atoms with E-state index in [0.717, 1.165) is 11.8 Å². The van der Waals surface area contributed by atoms with E-state index in [-0.39, 0.29) is 16.8 Å². The van der Waals surface area contributed by atoms with Gasteiger partial charge < -0.3 is 23.4 Å². The molecule has 0 saturated heterocycles. The van der Waals surface area contributed by atoms with E-state index in [1.807, 2.05) is 0 Å². The number of aromatic nitrogens is 2. The Hall–Kier alpha value is -3.20. The quantitative estimate of drug-likeness (QED) is 0.382. The Morgan fingerprint density at radius 1 is 0.897 bits per heavy atom. The number of ketones is 1. The number of Topliss-reactive ketones (excluding diaryl/α,β-unsaturated/α-hetero) is 1. The number of ether oxygens (including phenoxy) is 4. The standard InChI is InChI=1S/C20H20N2O6S/c1-24-13-5-6-16(18(10-13)27-4)17(23)11-29-20-22-21-19(28-20)12-7-14(25-2)9-15(8-12)26-3/h5-10H,11H2,1-4H3. The van der Waals surface area contributed by atoms with Gasteiger partial charge in [0.2, 0.25) is 5.89 Å². The number of hydrogen-bond acceptors (Lipinski definition) is 9. The van der Waals surface area contributed by atoms with E-state index >= 15 is 0 Å². The zero-order valence-electron chi connectivity index (χ0n) is 16.4. The summed E-state index contributed by atoms with van der Waals surface area (Å²) in [4.78, 5) is 12.6. The van der Waals surface area contributed by atoms with Crippen LogP contribution in [0.3, 0.4) is 0 Å². The Bertz CT molecular complexity index is 982. The molecule has 0 saturated carbocycles. The van der Waals surface area contributed by atoms with Crippen molar-refractivity contribution in [2.75, 3.05) is 34.2 Å². The molecular weight excluding hydrogens is 396 g/mol. The highest BCUT2D eigenvalue weighted by molar-refractivity contribution is 7.99. The zero-order chi connectivity index (χ0) is 20.8. The second-order valence-electron chi connectivity index (χ2n) is 5.75. The average Bonchev–Trinajstić information content (AvgIpc) is 3.25. The summed E-state index contributed by atoms with van der Waals surface area (Å²) in [5.41, 5.74) is 1.11. The van der Waals surface area contributed by atoms with Crippen molar-refractivity contribution in [3.8, 4) is 34.5 Å². The van der Waals surface area contributed by atoms with Crippen LogP contribution in [0.5, 0.6) is 23.0 Å².